The number of hydrogen-bond acceptors (Lipinski definition) is 4. The van der Waals surface area contributed by atoms with Crippen molar-refractivity contribution in [3.63, 3.8) is 0 Å². The average molecular weight is 306 g/mol. The Kier molecular flexibility index (Phi) is 5.85. The monoisotopic (exact) mass is 305 g/mol. The first-order chi connectivity index (χ1) is 9.49. The quantitative estimate of drug-likeness (QED) is 0.584. The van der Waals surface area contributed by atoms with Crippen LogP contribution in [-0.4, -0.2) is 36.8 Å². The van der Waals surface area contributed by atoms with Gasteiger partial charge in [0.15, 0.2) is 11.6 Å². The van der Waals surface area contributed by atoms with E-state index in [-0.39, 0.29) is 18.1 Å². The topological polar surface area (TPSA) is 90.9 Å². The molecule has 0 saturated carbocycles. The normalized spacial score (nSPS) is 9.75. The standard InChI is InChI=1S/C11H13ClFN3O4/c1-20-11(19)16(15-10(18)14-5-4-12)7-2-3-9(17)8(13)6-7/h2-3,6,17H,4-5H2,1H3,(H2,14,15,18). The molecule has 0 atom stereocenters. The fourth-order valence-electron chi connectivity index (χ4n) is 1.24. The molecule has 1 aromatic carbocycles. The number of carbonyl (C=O) groups is 2. The van der Waals surface area contributed by atoms with Gasteiger partial charge in [-0.3, -0.25) is 0 Å². The number of carbonyl (C=O) groups excluding carboxylic acids is 2. The largest absolute Gasteiger partial charge is 0.505 e. The van der Waals surface area contributed by atoms with Crippen molar-refractivity contribution in [1.29, 1.82) is 0 Å². The van der Waals surface area contributed by atoms with Crippen LogP contribution in [0.4, 0.5) is 19.7 Å². The molecule has 0 aliphatic heterocycles. The lowest BCUT2D eigenvalue weighted by atomic mass is 10.3. The Hall–Kier alpha value is -2.22. The zero-order valence-corrected chi connectivity index (χ0v) is 11.3. The maximum absolute atomic E-state index is 13.3. The second-order valence-corrected chi connectivity index (χ2v) is 3.88. The zero-order chi connectivity index (χ0) is 15.1. The van der Waals surface area contributed by atoms with Crippen molar-refractivity contribution in [2.24, 2.45) is 0 Å². The summed E-state index contributed by atoms with van der Waals surface area (Å²) in [7, 11) is 1.10. The van der Waals surface area contributed by atoms with Gasteiger partial charge in [0, 0.05) is 18.5 Å². The van der Waals surface area contributed by atoms with Crippen LogP contribution in [0.5, 0.6) is 5.75 Å². The van der Waals surface area contributed by atoms with Gasteiger partial charge in [-0.25, -0.2) is 19.4 Å². The Balaban J connectivity index is 2.91. The van der Waals surface area contributed by atoms with Gasteiger partial charge in [0.25, 0.3) is 0 Å². The number of benzene rings is 1. The predicted molar refractivity (Wildman–Crippen MR) is 70.2 cm³/mol. The number of ether oxygens (including phenoxy) is 1. The summed E-state index contributed by atoms with van der Waals surface area (Å²) < 4.78 is 17.7. The van der Waals surface area contributed by atoms with Gasteiger partial charge >= 0.3 is 12.1 Å². The van der Waals surface area contributed by atoms with Crippen LogP contribution in [0.25, 0.3) is 0 Å². The summed E-state index contributed by atoms with van der Waals surface area (Å²) in [5.41, 5.74) is 2.15. The van der Waals surface area contributed by atoms with Crippen LogP contribution in [0.1, 0.15) is 0 Å². The molecule has 0 radical (unpaired) electrons. The number of nitrogens with one attached hydrogen (secondary N) is 2. The molecule has 3 N–H and O–H groups in total. The van der Waals surface area contributed by atoms with E-state index in [1.165, 1.54) is 6.07 Å². The van der Waals surface area contributed by atoms with Gasteiger partial charge < -0.3 is 15.2 Å². The maximum Gasteiger partial charge on any atom is 0.433 e. The van der Waals surface area contributed by atoms with Gasteiger partial charge in [0.2, 0.25) is 0 Å². The summed E-state index contributed by atoms with van der Waals surface area (Å²) in [6, 6.07) is 2.43. The molecule has 7 nitrogen and oxygen atoms in total. The van der Waals surface area contributed by atoms with Crippen molar-refractivity contribution >= 4 is 29.4 Å². The number of hydrogen-bond donors (Lipinski definition) is 3. The van der Waals surface area contributed by atoms with Crippen molar-refractivity contribution in [1.82, 2.24) is 10.7 Å². The maximum atomic E-state index is 13.3. The summed E-state index contributed by atoms with van der Waals surface area (Å²) >= 11 is 5.40. The molecule has 0 unspecified atom stereocenters. The molecule has 0 heterocycles. The number of alkyl halides is 1. The number of rotatable bonds is 3. The molecular formula is C11H13ClFN3O4. The number of hydrazine groups is 1. The highest BCUT2D eigenvalue weighted by atomic mass is 35.5. The molecule has 20 heavy (non-hydrogen) atoms. The number of nitrogens with zero attached hydrogens (tertiary/aromatic N) is 1. The Bertz CT molecular complexity index is 501. The first-order valence-corrected chi connectivity index (χ1v) is 6.00. The number of halogens is 2. The second kappa shape index (κ2) is 7.39. The first kappa shape index (κ1) is 15.8. The number of methoxy groups -OCH3 is 1. The minimum absolute atomic E-state index is 0.0202. The van der Waals surface area contributed by atoms with Gasteiger partial charge in [-0.05, 0) is 12.1 Å². The number of phenols is 1. The van der Waals surface area contributed by atoms with E-state index in [1.54, 1.807) is 0 Å². The molecule has 0 aliphatic rings. The molecule has 0 aliphatic carbocycles. The third kappa shape index (κ3) is 4.16. The molecule has 0 fully saturated rings. The minimum atomic E-state index is -0.945. The summed E-state index contributed by atoms with van der Waals surface area (Å²) in [4.78, 5) is 23.1. The third-order valence-electron chi connectivity index (χ3n) is 2.14. The SMILES string of the molecule is COC(=O)N(NC(=O)NCCCl)c1ccc(O)c(F)c1. The highest BCUT2D eigenvalue weighted by Crippen LogP contribution is 2.22. The molecule has 0 spiro atoms. The summed E-state index contributed by atoms with van der Waals surface area (Å²) in [5, 5.41) is 12.1. The Morgan fingerprint density at radius 1 is 1.50 bits per heavy atom. The van der Waals surface area contributed by atoms with Crippen LogP contribution >= 0.6 is 11.6 Å². The number of urea groups is 1. The first-order valence-electron chi connectivity index (χ1n) is 5.46. The molecule has 110 valence electrons. The van der Waals surface area contributed by atoms with E-state index in [0.717, 1.165) is 19.2 Å². The molecule has 1 rings (SSSR count). The highest BCUT2D eigenvalue weighted by Gasteiger charge is 2.20. The number of phenolic OH excluding ortho intramolecular Hbond substituents is 1. The van der Waals surface area contributed by atoms with Gasteiger partial charge in [0.1, 0.15) is 0 Å². The van der Waals surface area contributed by atoms with E-state index < -0.39 is 23.7 Å². The molecule has 0 bridgehead atoms. The predicted octanol–water partition coefficient (Wildman–Crippen LogP) is 1.56. The van der Waals surface area contributed by atoms with Crippen LogP contribution in [0.2, 0.25) is 0 Å². The van der Waals surface area contributed by atoms with E-state index in [4.69, 9.17) is 16.7 Å². The van der Waals surface area contributed by atoms with Crippen LogP contribution < -0.4 is 15.8 Å². The molecular weight excluding hydrogens is 293 g/mol. The lowest BCUT2D eigenvalue weighted by Gasteiger charge is -2.22. The van der Waals surface area contributed by atoms with E-state index in [0.29, 0.717) is 5.01 Å². The average Bonchev–Trinajstić information content (AvgIpc) is 2.44. The molecule has 0 aromatic heterocycles. The smallest absolute Gasteiger partial charge is 0.433 e. The second-order valence-electron chi connectivity index (χ2n) is 3.50. The lowest BCUT2D eigenvalue weighted by Crippen LogP contribution is -2.50. The van der Waals surface area contributed by atoms with Crippen LogP contribution in [0, 0.1) is 5.82 Å². The van der Waals surface area contributed by atoms with E-state index in [9.17, 15) is 14.0 Å². The lowest BCUT2D eigenvalue weighted by molar-refractivity contribution is 0.174. The van der Waals surface area contributed by atoms with Crippen molar-refractivity contribution in [3.8, 4) is 5.75 Å². The van der Waals surface area contributed by atoms with Crippen molar-refractivity contribution in [3.05, 3.63) is 24.0 Å². The van der Waals surface area contributed by atoms with Crippen molar-refractivity contribution < 1.29 is 23.8 Å². The van der Waals surface area contributed by atoms with Crippen molar-refractivity contribution in [2.45, 2.75) is 0 Å². The Labute approximate surface area is 119 Å². The summed E-state index contributed by atoms with van der Waals surface area (Å²) in [6.45, 7) is 0.187. The fourth-order valence-corrected chi connectivity index (χ4v) is 1.34. The minimum Gasteiger partial charge on any atom is -0.505 e. The van der Waals surface area contributed by atoms with E-state index in [1.807, 2.05) is 0 Å². The summed E-state index contributed by atoms with van der Waals surface area (Å²) in [5.74, 6) is -1.33. The van der Waals surface area contributed by atoms with Gasteiger partial charge in [-0.15, -0.1) is 11.6 Å². The Morgan fingerprint density at radius 3 is 2.75 bits per heavy atom. The molecule has 9 heteroatoms. The number of amides is 3. The van der Waals surface area contributed by atoms with Crippen LogP contribution in [-0.2, 0) is 4.74 Å². The molecule has 0 saturated heterocycles. The number of anilines is 1. The van der Waals surface area contributed by atoms with Crippen LogP contribution in [0.3, 0.4) is 0 Å². The van der Waals surface area contributed by atoms with E-state index >= 15 is 0 Å². The van der Waals surface area contributed by atoms with Gasteiger partial charge in [-0.2, -0.15) is 5.01 Å². The zero-order valence-electron chi connectivity index (χ0n) is 10.5. The van der Waals surface area contributed by atoms with Crippen molar-refractivity contribution in [2.75, 3.05) is 24.5 Å². The molecule has 3 amide bonds. The van der Waals surface area contributed by atoms with Crippen LogP contribution in [0.15, 0.2) is 18.2 Å². The highest BCUT2D eigenvalue weighted by molar-refractivity contribution is 6.18. The molecule has 1 aromatic rings. The fraction of sp³-hybridized carbons (Fsp3) is 0.273. The van der Waals surface area contributed by atoms with Gasteiger partial charge in [-0.1, -0.05) is 0 Å². The third-order valence-corrected chi connectivity index (χ3v) is 2.33. The van der Waals surface area contributed by atoms with Gasteiger partial charge in [0.05, 0.1) is 12.8 Å². The summed E-state index contributed by atoms with van der Waals surface area (Å²) in [6.07, 6.45) is -0.934. The Morgan fingerprint density at radius 2 is 2.20 bits per heavy atom. The number of aromatic hydroxyl groups is 1. The van der Waals surface area contributed by atoms with E-state index in [2.05, 4.69) is 15.5 Å².